The van der Waals surface area contributed by atoms with Crippen LogP contribution in [0, 0.1) is 0 Å². The summed E-state index contributed by atoms with van der Waals surface area (Å²) in [5.74, 6) is 0.760. The van der Waals surface area contributed by atoms with E-state index in [1.807, 2.05) is 52.8 Å². The molecular weight excluding hydrogens is 306 g/mol. The van der Waals surface area contributed by atoms with Crippen LogP contribution >= 0.6 is 10.8 Å². The lowest BCUT2D eigenvalue weighted by Gasteiger charge is -2.22. The van der Waals surface area contributed by atoms with Crippen LogP contribution in [0.1, 0.15) is 46.1 Å². The number of para-hydroxylation sites is 1. The number of amides is 1. The molecule has 0 radical (unpaired) electrons. The van der Waals surface area contributed by atoms with Crippen LogP contribution in [0.3, 0.4) is 0 Å². The summed E-state index contributed by atoms with van der Waals surface area (Å²) >= 11 is 0. The molecule has 1 unspecified atom stereocenters. The normalized spacial score (nSPS) is 13.1. The van der Waals surface area contributed by atoms with Gasteiger partial charge in [-0.05, 0) is 49.1 Å². The fourth-order valence-electron chi connectivity index (χ4n) is 1.54. The first-order valence-electron chi connectivity index (χ1n) is 6.77. The molecule has 0 saturated carbocycles. The van der Waals surface area contributed by atoms with Gasteiger partial charge in [-0.25, -0.2) is 13.3 Å². The number of hydrogen-bond donors (Lipinski definition) is 0. The minimum absolute atomic E-state index is 0.199. The summed E-state index contributed by atoms with van der Waals surface area (Å²) in [5.41, 5.74) is 0.952. The van der Waals surface area contributed by atoms with E-state index in [2.05, 4.69) is 0 Å². The summed E-state index contributed by atoms with van der Waals surface area (Å²) in [6.07, 6.45) is -0.613. The molecule has 0 bridgehead atoms. The van der Waals surface area contributed by atoms with Gasteiger partial charge in [-0.1, -0.05) is 32.0 Å². The van der Waals surface area contributed by atoms with Crippen LogP contribution in [0.25, 0.3) is 0 Å². The molecule has 0 aliphatic heterocycles. The van der Waals surface area contributed by atoms with Gasteiger partial charge in [-0.15, -0.1) is 0 Å². The molecule has 1 amide bonds. The maximum atomic E-state index is 12.1. The van der Waals surface area contributed by atoms with Gasteiger partial charge < -0.3 is 4.74 Å². The van der Waals surface area contributed by atoms with E-state index in [0.717, 1.165) is 9.87 Å². The van der Waals surface area contributed by atoms with E-state index in [4.69, 9.17) is 4.74 Å². The fourth-order valence-corrected chi connectivity index (χ4v) is 4.04. The second kappa shape index (κ2) is 7.31. The summed E-state index contributed by atoms with van der Waals surface area (Å²) in [4.78, 5) is 12.1. The van der Waals surface area contributed by atoms with Crippen LogP contribution in [0.4, 0.5) is 4.79 Å². The van der Waals surface area contributed by atoms with Gasteiger partial charge in [0.15, 0.2) is 10.0 Å². The highest BCUT2D eigenvalue weighted by molar-refractivity contribution is 8.68. The summed E-state index contributed by atoms with van der Waals surface area (Å²) in [7, 11) is 1.21. The number of rotatable bonds is 4. The lowest BCUT2D eigenvalue weighted by Crippen LogP contribution is -2.31. The van der Waals surface area contributed by atoms with E-state index < -0.39 is 16.1 Å². The molecule has 0 aliphatic rings. The Morgan fingerprint density at radius 3 is 2.38 bits per heavy atom. The van der Waals surface area contributed by atoms with Crippen LogP contribution in [0.2, 0.25) is 0 Å². The van der Waals surface area contributed by atoms with Crippen LogP contribution in [-0.2, 0) is 10.0 Å². The Kier molecular flexibility index (Phi) is 6.28. The third kappa shape index (κ3) is 5.71. The molecule has 1 aromatic carbocycles. The fraction of sp³-hybridized carbons (Fsp3) is 0.533. The lowest BCUT2D eigenvalue weighted by molar-refractivity contribution is 0.186. The highest BCUT2D eigenvalue weighted by Gasteiger charge is 2.24. The molecule has 21 heavy (non-hydrogen) atoms. The van der Waals surface area contributed by atoms with Crippen molar-refractivity contribution >= 4 is 26.9 Å². The molecule has 0 aromatic heterocycles. The van der Waals surface area contributed by atoms with Crippen molar-refractivity contribution in [3.63, 3.8) is 0 Å². The van der Waals surface area contributed by atoms with Crippen molar-refractivity contribution in [2.75, 3.05) is 7.05 Å². The van der Waals surface area contributed by atoms with Gasteiger partial charge in [0.2, 0.25) is 0 Å². The van der Waals surface area contributed by atoms with Crippen molar-refractivity contribution in [1.82, 2.24) is 4.31 Å². The monoisotopic (exact) mass is 329 g/mol. The molecule has 0 fully saturated rings. The lowest BCUT2D eigenvalue weighted by atomic mass is 10.0. The predicted octanol–water partition coefficient (Wildman–Crippen LogP) is 4.35. The number of ether oxygens (including phenoxy) is 1. The largest absolute Gasteiger partial charge is 0.427 e. The first kappa shape index (κ1) is 18.0. The van der Waals surface area contributed by atoms with Crippen LogP contribution in [-0.4, -0.2) is 26.4 Å². The maximum Gasteiger partial charge on any atom is 0.427 e. The predicted molar refractivity (Wildman–Crippen MR) is 89.8 cm³/mol. The number of carbonyl (C=O) groups is 1. The summed E-state index contributed by atoms with van der Waals surface area (Å²) in [6, 6.07) is 7.40. The smallest absolute Gasteiger partial charge is 0.409 e. The van der Waals surface area contributed by atoms with Crippen molar-refractivity contribution in [3.05, 3.63) is 29.8 Å². The Hall–Kier alpha value is -1.01. The minimum atomic E-state index is -1.48. The molecule has 0 N–H and O–H groups in total. The Morgan fingerprint density at radius 1 is 1.29 bits per heavy atom. The van der Waals surface area contributed by atoms with Gasteiger partial charge in [0.05, 0.1) is 0 Å². The van der Waals surface area contributed by atoms with Crippen molar-refractivity contribution in [1.29, 1.82) is 0 Å². The average Bonchev–Trinajstić information content (AvgIpc) is 2.36. The molecule has 0 aliphatic carbocycles. The minimum Gasteiger partial charge on any atom is -0.409 e. The molecule has 4 nitrogen and oxygen atoms in total. The first-order chi connectivity index (χ1) is 9.61. The molecule has 1 aromatic rings. The van der Waals surface area contributed by atoms with Gasteiger partial charge in [0.1, 0.15) is 5.75 Å². The molecule has 0 heterocycles. The topological polar surface area (TPSA) is 46.6 Å². The zero-order valence-electron chi connectivity index (χ0n) is 13.4. The van der Waals surface area contributed by atoms with E-state index in [-0.39, 0.29) is 10.7 Å². The van der Waals surface area contributed by atoms with Gasteiger partial charge in [-0.2, -0.15) is 0 Å². The van der Waals surface area contributed by atoms with Crippen LogP contribution < -0.4 is 4.74 Å². The third-order valence-corrected chi connectivity index (χ3v) is 6.38. The highest BCUT2D eigenvalue weighted by atomic mass is 33.1. The van der Waals surface area contributed by atoms with E-state index >= 15 is 0 Å². The highest BCUT2D eigenvalue weighted by Crippen LogP contribution is 2.30. The Morgan fingerprint density at radius 2 is 1.86 bits per heavy atom. The second-order valence-corrected chi connectivity index (χ2v) is 9.70. The average molecular weight is 329 g/mol. The first-order valence-corrected chi connectivity index (χ1v) is 9.21. The van der Waals surface area contributed by atoms with Gasteiger partial charge in [0, 0.05) is 11.8 Å². The third-order valence-electron chi connectivity index (χ3n) is 2.54. The molecule has 6 heteroatoms. The number of hydrogen-bond acceptors (Lipinski definition) is 4. The summed E-state index contributed by atoms with van der Waals surface area (Å²) in [6.45, 7) is 9.91. The SMILES string of the molecule is CC(C)c1ccccc1OC(=O)N(C)S(=O)SC(C)(C)C. The number of carbonyl (C=O) groups excluding carboxylic acids is 1. The molecule has 1 atom stereocenters. The summed E-state index contributed by atoms with van der Waals surface area (Å²) < 4.78 is 18.4. The quantitative estimate of drug-likeness (QED) is 0.770. The van der Waals surface area contributed by atoms with Gasteiger partial charge in [0.25, 0.3) is 0 Å². The van der Waals surface area contributed by atoms with Gasteiger partial charge in [-0.3, -0.25) is 0 Å². The van der Waals surface area contributed by atoms with Crippen molar-refractivity contribution in [2.45, 2.75) is 45.3 Å². The van der Waals surface area contributed by atoms with E-state index in [9.17, 15) is 9.00 Å². The van der Waals surface area contributed by atoms with Crippen molar-refractivity contribution in [2.24, 2.45) is 0 Å². The second-order valence-electron chi connectivity index (χ2n) is 5.97. The molecule has 118 valence electrons. The standard InChI is InChI=1S/C15H23NO3S2/c1-11(2)12-9-7-8-10-13(12)19-14(17)16(6)21(18)20-15(3,4)5/h7-11H,1-6H3. The molecular formula is C15H23NO3S2. The zero-order chi connectivity index (χ0) is 16.2. The number of benzene rings is 1. The van der Waals surface area contributed by atoms with E-state index in [0.29, 0.717) is 5.75 Å². The van der Waals surface area contributed by atoms with E-state index in [1.165, 1.54) is 17.8 Å². The molecule has 0 saturated heterocycles. The Labute approximate surface area is 133 Å². The Balaban J connectivity index is 2.80. The van der Waals surface area contributed by atoms with Crippen molar-refractivity contribution in [3.8, 4) is 5.75 Å². The molecule has 0 spiro atoms. The number of nitrogens with zero attached hydrogens (tertiary/aromatic N) is 1. The van der Waals surface area contributed by atoms with Crippen LogP contribution in [0.5, 0.6) is 5.75 Å². The molecule has 1 rings (SSSR count). The maximum absolute atomic E-state index is 12.1. The summed E-state index contributed by atoms with van der Waals surface area (Å²) in [5, 5.41) is 0. The van der Waals surface area contributed by atoms with Gasteiger partial charge >= 0.3 is 6.09 Å². The van der Waals surface area contributed by atoms with E-state index in [1.54, 1.807) is 6.07 Å². The Bertz CT molecular complexity index is 524. The van der Waals surface area contributed by atoms with Crippen molar-refractivity contribution < 1.29 is 13.7 Å². The van der Waals surface area contributed by atoms with Crippen LogP contribution in [0.15, 0.2) is 24.3 Å². The zero-order valence-corrected chi connectivity index (χ0v) is 15.0.